The molecule has 0 spiro atoms. The summed E-state index contributed by atoms with van der Waals surface area (Å²) in [6.07, 6.45) is -2.21. The normalized spacial score (nSPS) is 10.6. The van der Waals surface area contributed by atoms with Crippen molar-refractivity contribution in [3.05, 3.63) is 29.8 Å². The maximum absolute atomic E-state index is 10.6. The molecule has 0 saturated carbocycles. The average Bonchev–Trinajstić information content (AvgIpc) is 2.22. The Kier molecular flexibility index (Phi) is 6.56. The molecule has 0 amide bonds. The Morgan fingerprint density at radius 1 is 1.25 bits per heavy atom. The van der Waals surface area contributed by atoms with Crippen LogP contribution in [-0.4, -0.2) is 13.5 Å². The Hall–Kier alpha value is -1.23. The lowest BCUT2D eigenvalue weighted by molar-refractivity contribution is -0.311. The lowest BCUT2D eigenvalue weighted by Crippen LogP contribution is -2.08. The zero-order valence-corrected chi connectivity index (χ0v) is 9.34. The summed E-state index contributed by atoms with van der Waals surface area (Å²) in [5, 5.41) is 0. The molecular formula is C11H16F3NO. The predicted octanol–water partition coefficient (Wildman–Crippen LogP) is 3.37. The van der Waals surface area contributed by atoms with Crippen LogP contribution in [0.3, 0.4) is 0 Å². The van der Waals surface area contributed by atoms with Crippen LogP contribution in [0.1, 0.15) is 18.9 Å². The van der Waals surface area contributed by atoms with Crippen molar-refractivity contribution in [1.29, 1.82) is 0 Å². The van der Waals surface area contributed by atoms with Crippen molar-refractivity contribution in [2.75, 3.05) is 12.8 Å². The minimum atomic E-state index is -4.46. The van der Waals surface area contributed by atoms with Gasteiger partial charge in [-0.05, 0) is 18.1 Å². The van der Waals surface area contributed by atoms with Crippen LogP contribution < -0.4 is 5.73 Å². The molecule has 92 valence electrons. The van der Waals surface area contributed by atoms with Crippen molar-refractivity contribution in [2.24, 2.45) is 0 Å². The third kappa shape index (κ3) is 7.11. The molecule has 0 heterocycles. The third-order valence-corrected chi connectivity index (χ3v) is 1.81. The van der Waals surface area contributed by atoms with Gasteiger partial charge in [-0.25, -0.2) is 0 Å². The minimum Gasteiger partial charge on any atom is -0.399 e. The van der Waals surface area contributed by atoms with E-state index >= 15 is 0 Å². The molecule has 5 heteroatoms. The molecule has 0 saturated heterocycles. The van der Waals surface area contributed by atoms with Crippen molar-refractivity contribution >= 4 is 5.69 Å². The number of ether oxygens (including phenoxy) is 1. The number of aryl methyl sites for hydroxylation is 1. The molecule has 1 aromatic carbocycles. The van der Waals surface area contributed by atoms with Gasteiger partial charge in [0.15, 0.2) is 0 Å². The maximum Gasteiger partial charge on any atom is 0.522 e. The summed E-state index contributed by atoms with van der Waals surface area (Å²) in [4.78, 5) is 0. The lowest BCUT2D eigenvalue weighted by atomic mass is 10.1. The number of alkyl halides is 3. The van der Waals surface area contributed by atoms with E-state index in [0.29, 0.717) is 7.11 Å². The van der Waals surface area contributed by atoms with E-state index in [2.05, 4.69) is 17.7 Å². The molecule has 0 aromatic heterocycles. The van der Waals surface area contributed by atoms with Gasteiger partial charge in [-0.15, -0.1) is 13.2 Å². The standard InChI is InChI=1S/C9H13N.C2H3F3O/c1-2-5-8-6-3-4-7-9(8)10;1-6-2(3,4)5/h3-4,6-7H,2,5,10H2,1H3;1H3. The van der Waals surface area contributed by atoms with E-state index in [0.717, 1.165) is 18.5 Å². The molecular weight excluding hydrogens is 219 g/mol. The van der Waals surface area contributed by atoms with E-state index in [4.69, 9.17) is 5.73 Å². The van der Waals surface area contributed by atoms with Gasteiger partial charge in [0.2, 0.25) is 0 Å². The summed E-state index contributed by atoms with van der Waals surface area (Å²) in [6, 6.07) is 8.03. The van der Waals surface area contributed by atoms with Gasteiger partial charge in [-0.3, -0.25) is 4.74 Å². The Morgan fingerprint density at radius 3 is 2.12 bits per heavy atom. The van der Waals surface area contributed by atoms with E-state index in [1.165, 1.54) is 5.56 Å². The molecule has 2 N–H and O–H groups in total. The van der Waals surface area contributed by atoms with Crippen LogP contribution in [0.2, 0.25) is 0 Å². The highest BCUT2D eigenvalue weighted by Crippen LogP contribution is 2.13. The summed E-state index contributed by atoms with van der Waals surface area (Å²) in [6.45, 7) is 2.16. The van der Waals surface area contributed by atoms with Crippen molar-refractivity contribution in [1.82, 2.24) is 0 Å². The van der Waals surface area contributed by atoms with Gasteiger partial charge in [0.25, 0.3) is 0 Å². The Balaban J connectivity index is 0.000000325. The largest absolute Gasteiger partial charge is 0.522 e. The van der Waals surface area contributed by atoms with Gasteiger partial charge in [0.05, 0.1) is 0 Å². The van der Waals surface area contributed by atoms with Crippen molar-refractivity contribution in [2.45, 2.75) is 26.1 Å². The first-order chi connectivity index (χ1) is 7.40. The number of halogens is 3. The summed E-state index contributed by atoms with van der Waals surface area (Å²) >= 11 is 0. The number of methoxy groups -OCH3 is 1. The van der Waals surface area contributed by atoms with E-state index in [1.807, 2.05) is 18.2 Å². The zero-order chi connectivity index (χ0) is 12.6. The fourth-order valence-corrected chi connectivity index (χ4v) is 1.03. The molecule has 0 bridgehead atoms. The van der Waals surface area contributed by atoms with Crippen LogP contribution >= 0.6 is 0 Å². The topological polar surface area (TPSA) is 35.2 Å². The van der Waals surface area contributed by atoms with Gasteiger partial charge in [0.1, 0.15) is 0 Å². The molecule has 2 nitrogen and oxygen atoms in total. The molecule has 0 unspecified atom stereocenters. The summed E-state index contributed by atoms with van der Waals surface area (Å²) in [7, 11) is 0.583. The molecule has 16 heavy (non-hydrogen) atoms. The van der Waals surface area contributed by atoms with Gasteiger partial charge in [-0.2, -0.15) is 0 Å². The number of rotatable bonds is 2. The van der Waals surface area contributed by atoms with Crippen LogP contribution in [0.4, 0.5) is 18.9 Å². The number of nitrogen functional groups attached to an aromatic ring is 1. The first kappa shape index (κ1) is 14.8. The lowest BCUT2D eigenvalue weighted by Gasteiger charge is -2.01. The van der Waals surface area contributed by atoms with Crippen LogP contribution in [0, 0.1) is 0 Å². The second-order valence-corrected chi connectivity index (χ2v) is 3.10. The molecule has 0 aliphatic heterocycles. The Morgan fingerprint density at radius 2 is 1.75 bits per heavy atom. The molecule has 0 fully saturated rings. The highest BCUT2D eigenvalue weighted by molar-refractivity contribution is 5.46. The molecule has 0 aliphatic rings. The maximum atomic E-state index is 10.6. The highest BCUT2D eigenvalue weighted by atomic mass is 19.4. The van der Waals surface area contributed by atoms with Gasteiger partial charge in [-0.1, -0.05) is 31.5 Å². The monoisotopic (exact) mass is 235 g/mol. The number of benzene rings is 1. The van der Waals surface area contributed by atoms with Crippen LogP contribution in [0.15, 0.2) is 24.3 Å². The van der Waals surface area contributed by atoms with E-state index in [-0.39, 0.29) is 0 Å². The second-order valence-electron chi connectivity index (χ2n) is 3.10. The molecule has 0 atom stereocenters. The SMILES string of the molecule is CCCc1ccccc1N.COC(F)(F)F. The highest BCUT2D eigenvalue weighted by Gasteiger charge is 2.25. The quantitative estimate of drug-likeness (QED) is 0.797. The molecule has 1 aromatic rings. The predicted molar refractivity (Wildman–Crippen MR) is 57.9 cm³/mol. The van der Waals surface area contributed by atoms with E-state index in [1.54, 1.807) is 0 Å². The van der Waals surface area contributed by atoms with Crippen molar-refractivity contribution < 1.29 is 17.9 Å². The first-order valence-corrected chi connectivity index (χ1v) is 4.86. The van der Waals surface area contributed by atoms with Crippen LogP contribution in [0.25, 0.3) is 0 Å². The molecule has 0 radical (unpaired) electrons. The number of hydrogen-bond donors (Lipinski definition) is 1. The first-order valence-electron chi connectivity index (χ1n) is 4.86. The van der Waals surface area contributed by atoms with Crippen molar-refractivity contribution in [3.63, 3.8) is 0 Å². The number of anilines is 1. The van der Waals surface area contributed by atoms with E-state index < -0.39 is 6.36 Å². The van der Waals surface area contributed by atoms with Crippen molar-refractivity contribution in [3.8, 4) is 0 Å². The minimum absolute atomic E-state index is 0.583. The molecule has 1 rings (SSSR count). The summed E-state index contributed by atoms with van der Waals surface area (Å²) < 4.78 is 34.6. The number of nitrogens with two attached hydrogens (primary N) is 1. The van der Waals surface area contributed by atoms with Crippen LogP contribution in [0.5, 0.6) is 0 Å². The number of hydrogen-bond acceptors (Lipinski definition) is 2. The Bertz CT molecular complexity index is 300. The zero-order valence-electron chi connectivity index (χ0n) is 9.34. The fraction of sp³-hybridized carbons (Fsp3) is 0.455. The smallest absolute Gasteiger partial charge is 0.399 e. The Labute approximate surface area is 93.2 Å². The number of para-hydroxylation sites is 1. The molecule has 0 aliphatic carbocycles. The summed E-state index contributed by atoms with van der Waals surface area (Å²) in [5.41, 5.74) is 7.90. The van der Waals surface area contributed by atoms with Gasteiger partial charge in [0, 0.05) is 12.8 Å². The third-order valence-electron chi connectivity index (χ3n) is 1.81. The van der Waals surface area contributed by atoms with Crippen LogP contribution in [-0.2, 0) is 11.2 Å². The summed E-state index contributed by atoms with van der Waals surface area (Å²) in [5.74, 6) is 0. The second kappa shape index (κ2) is 7.11. The van der Waals surface area contributed by atoms with E-state index in [9.17, 15) is 13.2 Å². The van der Waals surface area contributed by atoms with Gasteiger partial charge < -0.3 is 5.73 Å². The van der Waals surface area contributed by atoms with Gasteiger partial charge >= 0.3 is 6.36 Å². The average molecular weight is 235 g/mol. The fourth-order valence-electron chi connectivity index (χ4n) is 1.03.